The fourth-order valence-electron chi connectivity index (χ4n) is 3.09. The highest BCUT2D eigenvalue weighted by Crippen LogP contribution is 2.24. The normalized spacial score (nSPS) is 10.8. The third-order valence-corrected chi connectivity index (χ3v) is 4.76. The second-order valence-corrected chi connectivity index (χ2v) is 6.94. The largest absolute Gasteiger partial charge is 0.497 e. The van der Waals surface area contributed by atoms with Crippen LogP contribution in [-0.2, 0) is 17.7 Å². The van der Waals surface area contributed by atoms with Crippen molar-refractivity contribution >= 4 is 29.9 Å². The highest BCUT2D eigenvalue weighted by Gasteiger charge is 2.08. The minimum atomic E-state index is 0. The van der Waals surface area contributed by atoms with Gasteiger partial charge in [0.15, 0.2) is 5.96 Å². The van der Waals surface area contributed by atoms with E-state index in [1.165, 1.54) is 0 Å². The fraction of sp³-hybridized carbons (Fsp3) is 0.458. The zero-order valence-corrected chi connectivity index (χ0v) is 22.0. The van der Waals surface area contributed by atoms with Crippen LogP contribution in [-0.4, -0.2) is 53.6 Å². The molecule has 178 valence electrons. The molecule has 2 aromatic carbocycles. The number of hydrogen-bond acceptors (Lipinski definition) is 5. The Bertz CT molecular complexity index is 846. The molecule has 8 heteroatoms. The van der Waals surface area contributed by atoms with E-state index in [1.807, 2.05) is 31.2 Å². The maximum atomic E-state index is 5.92. The number of hydrogen-bond donors (Lipinski definition) is 2. The summed E-state index contributed by atoms with van der Waals surface area (Å²) >= 11 is 0. The van der Waals surface area contributed by atoms with E-state index in [4.69, 9.17) is 18.9 Å². The van der Waals surface area contributed by atoms with Gasteiger partial charge in [0.2, 0.25) is 0 Å². The summed E-state index contributed by atoms with van der Waals surface area (Å²) in [6.07, 6.45) is 0.775. The zero-order valence-electron chi connectivity index (χ0n) is 19.7. The first-order valence-electron chi connectivity index (χ1n) is 10.6. The van der Waals surface area contributed by atoms with Gasteiger partial charge in [0.05, 0.1) is 20.8 Å². The van der Waals surface area contributed by atoms with Gasteiger partial charge in [-0.25, -0.2) is 0 Å². The van der Waals surface area contributed by atoms with E-state index in [0.717, 1.165) is 46.3 Å². The maximum absolute atomic E-state index is 5.92. The third-order valence-electron chi connectivity index (χ3n) is 4.76. The van der Waals surface area contributed by atoms with Crippen molar-refractivity contribution in [3.63, 3.8) is 0 Å². The standard InChI is InChI=1S/C24H35N3O4.HI/c1-6-30-13-14-31-23-15-18(2)7-8-20(23)17-27-24(25-3)26-12-11-19-16-21(28-4)9-10-22(19)29-5;/h7-10,15-16H,6,11-14,17H2,1-5H3,(H2,25,26,27);1H. The monoisotopic (exact) mass is 557 g/mol. The zero-order chi connectivity index (χ0) is 22.5. The number of guanidine groups is 1. The Morgan fingerprint density at radius 2 is 1.75 bits per heavy atom. The smallest absolute Gasteiger partial charge is 0.191 e. The van der Waals surface area contributed by atoms with E-state index in [-0.39, 0.29) is 24.0 Å². The van der Waals surface area contributed by atoms with E-state index >= 15 is 0 Å². The van der Waals surface area contributed by atoms with Gasteiger partial charge in [0, 0.05) is 32.3 Å². The van der Waals surface area contributed by atoms with Crippen LogP contribution in [0.4, 0.5) is 0 Å². The van der Waals surface area contributed by atoms with Crippen molar-refractivity contribution in [1.82, 2.24) is 10.6 Å². The quantitative estimate of drug-likeness (QED) is 0.178. The van der Waals surface area contributed by atoms with Crippen molar-refractivity contribution in [2.45, 2.75) is 26.8 Å². The van der Waals surface area contributed by atoms with Gasteiger partial charge >= 0.3 is 0 Å². The summed E-state index contributed by atoms with van der Waals surface area (Å²) in [5.74, 6) is 3.25. The Labute approximate surface area is 208 Å². The Hall–Kier alpha value is -2.20. The Morgan fingerprint density at radius 1 is 0.938 bits per heavy atom. The summed E-state index contributed by atoms with van der Waals surface area (Å²) in [5, 5.41) is 6.71. The van der Waals surface area contributed by atoms with Gasteiger partial charge in [-0.3, -0.25) is 4.99 Å². The molecular formula is C24H36IN3O4. The van der Waals surface area contributed by atoms with Crippen LogP contribution in [0.5, 0.6) is 17.2 Å². The van der Waals surface area contributed by atoms with Gasteiger partial charge in [-0.15, -0.1) is 24.0 Å². The maximum Gasteiger partial charge on any atom is 0.191 e. The molecule has 0 heterocycles. The first kappa shape index (κ1) is 27.8. The molecule has 0 atom stereocenters. The molecule has 0 amide bonds. The summed E-state index contributed by atoms with van der Waals surface area (Å²) < 4.78 is 22.1. The van der Waals surface area contributed by atoms with Crippen LogP contribution in [0, 0.1) is 6.92 Å². The van der Waals surface area contributed by atoms with Gasteiger partial charge in [-0.2, -0.15) is 0 Å². The molecule has 2 N–H and O–H groups in total. The van der Waals surface area contributed by atoms with E-state index in [1.54, 1.807) is 21.3 Å². The summed E-state index contributed by atoms with van der Waals surface area (Å²) in [5.41, 5.74) is 3.30. The highest BCUT2D eigenvalue weighted by molar-refractivity contribution is 14.0. The van der Waals surface area contributed by atoms with Crippen molar-refractivity contribution in [1.29, 1.82) is 0 Å². The number of aliphatic imine (C=N–C) groups is 1. The molecule has 0 unspecified atom stereocenters. The molecule has 7 nitrogen and oxygen atoms in total. The predicted octanol–water partition coefficient (Wildman–Crippen LogP) is 3.95. The minimum Gasteiger partial charge on any atom is -0.497 e. The van der Waals surface area contributed by atoms with E-state index in [0.29, 0.717) is 32.9 Å². The van der Waals surface area contributed by atoms with Crippen LogP contribution in [0.25, 0.3) is 0 Å². The van der Waals surface area contributed by atoms with Crippen LogP contribution >= 0.6 is 24.0 Å². The topological polar surface area (TPSA) is 73.3 Å². The second-order valence-electron chi connectivity index (χ2n) is 6.94. The fourth-order valence-corrected chi connectivity index (χ4v) is 3.09. The second kappa shape index (κ2) is 15.6. The molecule has 2 aromatic rings. The molecule has 0 radical (unpaired) electrons. The number of benzene rings is 2. The average molecular weight is 557 g/mol. The number of aryl methyl sites for hydroxylation is 1. The summed E-state index contributed by atoms with van der Waals surface area (Å²) in [6.45, 7) is 7.13. The van der Waals surface area contributed by atoms with Crippen molar-refractivity contribution in [3.8, 4) is 17.2 Å². The Kier molecular flexibility index (Phi) is 13.5. The number of rotatable bonds is 12. The lowest BCUT2D eigenvalue weighted by Gasteiger charge is -2.16. The first-order chi connectivity index (χ1) is 15.1. The average Bonchev–Trinajstić information content (AvgIpc) is 2.79. The highest BCUT2D eigenvalue weighted by atomic mass is 127. The number of halogens is 1. The van der Waals surface area contributed by atoms with Crippen molar-refractivity contribution in [2.75, 3.05) is 47.6 Å². The van der Waals surface area contributed by atoms with Crippen LogP contribution in [0.1, 0.15) is 23.6 Å². The molecule has 0 aromatic heterocycles. The van der Waals surface area contributed by atoms with E-state index in [2.05, 4.69) is 34.7 Å². The molecule has 0 saturated heterocycles. The van der Waals surface area contributed by atoms with Gasteiger partial charge in [0.1, 0.15) is 23.9 Å². The molecule has 0 saturated carbocycles. The van der Waals surface area contributed by atoms with Crippen LogP contribution in [0.3, 0.4) is 0 Å². The number of methoxy groups -OCH3 is 2. The minimum absolute atomic E-state index is 0. The molecule has 0 aliphatic carbocycles. The SMILES string of the molecule is CCOCCOc1cc(C)ccc1CNC(=NC)NCCc1cc(OC)ccc1OC.I. The predicted molar refractivity (Wildman–Crippen MR) is 140 cm³/mol. The van der Waals surface area contributed by atoms with Crippen molar-refractivity contribution in [2.24, 2.45) is 4.99 Å². The Balaban J connectivity index is 0.00000512. The molecule has 2 rings (SSSR count). The molecule has 0 bridgehead atoms. The number of nitrogens with zero attached hydrogens (tertiary/aromatic N) is 1. The molecule has 0 spiro atoms. The first-order valence-corrected chi connectivity index (χ1v) is 10.6. The molecular weight excluding hydrogens is 521 g/mol. The van der Waals surface area contributed by atoms with Crippen LogP contribution in [0.2, 0.25) is 0 Å². The van der Waals surface area contributed by atoms with Crippen molar-refractivity contribution in [3.05, 3.63) is 53.1 Å². The van der Waals surface area contributed by atoms with Gasteiger partial charge in [0.25, 0.3) is 0 Å². The van der Waals surface area contributed by atoms with Gasteiger partial charge < -0.3 is 29.6 Å². The molecule has 32 heavy (non-hydrogen) atoms. The third kappa shape index (κ3) is 9.12. The lowest BCUT2D eigenvalue weighted by Crippen LogP contribution is -2.38. The molecule has 0 aliphatic heterocycles. The van der Waals surface area contributed by atoms with E-state index in [9.17, 15) is 0 Å². The summed E-state index contributed by atoms with van der Waals surface area (Å²) in [4.78, 5) is 4.32. The summed E-state index contributed by atoms with van der Waals surface area (Å²) in [7, 11) is 5.10. The number of ether oxygens (including phenoxy) is 4. The van der Waals surface area contributed by atoms with Gasteiger partial charge in [-0.1, -0.05) is 12.1 Å². The lowest BCUT2D eigenvalue weighted by molar-refractivity contribution is 0.110. The molecule has 0 aliphatic rings. The van der Waals surface area contributed by atoms with Crippen molar-refractivity contribution < 1.29 is 18.9 Å². The van der Waals surface area contributed by atoms with Gasteiger partial charge in [-0.05, 0) is 55.7 Å². The number of nitrogens with one attached hydrogen (secondary N) is 2. The van der Waals surface area contributed by atoms with Crippen LogP contribution < -0.4 is 24.8 Å². The summed E-state index contributed by atoms with van der Waals surface area (Å²) in [6, 6.07) is 12.0. The lowest BCUT2D eigenvalue weighted by atomic mass is 10.1. The van der Waals surface area contributed by atoms with E-state index < -0.39 is 0 Å². The Morgan fingerprint density at radius 3 is 2.44 bits per heavy atom. The van der Waals surface area contributed by atoms with Crippen LogP contribution in [0.15, 0.2) is 41.4 Å². The molecule has 0 fully saturated rings.